The number of pyridine rings is 1. The van der Waals surface area contributed by atoms with Crippen molar-refractivity contribution in [1.29, 1.82) is 0 Å². The predicted octanol–water partition coefficient (Wildman–Crippen LogP) is 3.92. The molecule has 30 heavy (non-hydrogen) atoms. The van der Waals surface area contributed by atoms with Gasteiger partial charge in [0.2, 0.25) is 0 Å². The molecule has 0 unspecified atom stereocenters. The number of aromatic nitrogens is 3. The first-order chi connectivity index (χ1) is 14.8. The second-order valence-corrected chi connectivity index (χ2v) is 6.74. The molecule has 0 radical (unpaired) electrons. The Bertz CT molecular complexity index is 1170. The molecule has 2 aromatic heterocycles. The van der Waals surface area contributed by atoms with Crippen LogP contribution in [-0.4, -0.2) is 33.9 Å². The highest BCUT2D eigenvalue weighted by Gasteiger charge is 2.15. The summed E-state index contributed by atoms with van der Waals surface area (Å²) in [5.41, 5.74) is 4.90. The Morgan fingerprint density at radius 3 is 2.53 bits per heavy atom. The molecule has 148 valence electrons. The number of aromatic amines is 1. The van der Waals surface area contributed by atoms with Crippen molar-refractivity contribution in [3.8, 4) is 22.5 Å². The average molecular weight is 396 g/mol. The van der Waals surface area contributed by atoms with E-state index < -0.39 is 0 Å². The fourth-order valence-electron chi connectivity index (χ4n) is 3.29. The third-order valence-electron chi connectivity index (χ3n) is 4.80. The van der Waals surface area contributed by atoms with Gasteiger partial charge in [0.05, 0.1) is 11.4 Å². The Morgan fingerprint density at radius 1 is 0.967 bits per heavy atom. The van der Waals surface area contributed by atoms with Crippen molar-refractivity contribution < 1.29 is 9.59 Å². The molecule has 0 fully saturated rings. The minimum absolute atomic E-state index is 0.167. The van der Waals surface area contributed by atoms with Crippen LogP contribution in [-0.2, 0) is 6.42 Å². The molecule has 0 spiro atoms. The molecular formula is C24H20N4O2. The number of carbonyl (C=O) groups is 2. The first-order valence-corrected chi connectivity index (χ1v) is 9.64. The Labute approximate surface area is 174 Å². The number of carbonyl (C=O) groups excluding carboxylic acids is 2. The van der Waals surface area contributed by atoms with Gasteiger partial charge in [0.1, 0.15) is 0 Å². The van der Waals surface area contributed by atoms with Crippen LogP contribution in [0.5, 0.6) is 0 Å². The number of amides is 1. The van der Waals surface area contributed by atoms with Gasteiger partial charge in [0.15, 0.2) is 6.29 Å². The van der Waals surface area contributed by atoms with E-state index in [9.17, 15) is 9.59 Å². The normalized spacial score (nSPS) is 10.5. The van der Waals surface area contributed by atoms with Gasteiger partial charge in [-0.15, -0.1) is 0 Å². The zero-order chi connectivity index (χ0) is 20.8. The quantitative estimate of drug-likeness (QED) is 0.464. The lowest BCUT2D eigenvalue weighted by atomic mass is 10.0. The van der Waals surface area contributed by atoms with Gasteiger partial charge in [-0.2, -0.15) is 5.10 Å². The third-order valence-corrected chi connectivity index (χ3v) is 4.80. The van der Waals surface area contributed by atoms with Crippen LogP contribution in [0.25, 0.3) is 22.5 Å². The largest absolute Gasteiger partial charge is 0.352 e. The molecule has 2 N–H and O–H groups in total. The molecule has 0 saturated heterocycles. The number of nitrogens with zero attached hydrogens (tertiary/aromatic N) is 2. The second-order valence-electron chi connectivity index (χ2n) is 6.74. The van der Waals surface area contributed by atoms with Gasteiger partial charge < -0.3 is 5.32 Å². The molecule has 0 bridgehead atoms. The van der Waals surface area contributed by atoms with Crippen LogP contribution in [0.2, 0.25) is 0 Å². The van der Waals surface area contributed by atoms with E-state index in [2.05, 4.69) is 20.5 Å². The highest BCUT2D eigenvalue weighted by Crippen LogP contribution is 2.27. The van der Waals surface area contributed by atoms with Crippen LogP contribution < -0.4 is 5.32 Å². The van der Waals surface area contributed by atoms with Gasteiger partial charge >= 0.3 is 0 Å². The number of rotatable bonds is 7. The summed E-state index contributed by atoms with van der Waals surface area (Å²) in [6.07, 6.45) is 3.22. The number of hydrogen-bond donors (Lipinski definition) is 2. The maximum atomic E-state index is 12.8. The topological polar surface area (TPSA) is 87.7 Å². The van der Waals surface area contributed by atoms with Gasteiger partial charge in [0, 0.05) is 47.1 Å². The van der Waals surface area contributed by atoms with E-state index in [4.69, 9.17) is 0 Å². The Balaban J connectivity index is 1.54. The standard InChI is InChI=1S/C24H20N4O2/c29-16-17-7-1-2-9-19(17)22-15-23(28-27-22)20-10-3-4-11-21(20)24(30)26-14-12-18-8-5-6-13-25-18/h1-11,13,15-16H,12,14H2,(H,26,30)(H,27,28). The van der Waals surface area contributed by atoms with E-state index in [0.717, 1.165) is 28.8 Å². The highest BCUT2D eigenvalue weighted by atomic mass is 16.1. The van der Waals surface area contributed by atoms with E-state index in [-0.39, 0.29) is 5.91 Å². The van der Waals surface area contributed by atoms with E-state index in [1.807, 2.05) is 60.7 Å². The molecule has 0 aliphatic heterocycles. The number of hydrogen-bond acceptors (Lipinski definition) is 4. The molecule has 6 heteroatoms. The molecule has 1 amide bonds. The van der Waals surface area contributed by atoms with Crippen molar-refractivity contribution in [3.63, 3.8) is 0 Å². The molecule has 0 aliphatic carbocycles. The smallest absolute Gasteiger partial charge is 0.251 e. The average Bonchev–Trinajstić information content (AvgIpc) is 3.29. The molecule has 0 saturated carbocycles. The highest BCUT2D eigenvalue weighted by molar-refractivity contribution is 6.00. The fraction of sp³-hybridized carbons (Fsp3) is 0.0833. The Kier molecular flexibility index (Phi) is 5.75. The summed E-state index contributed by atoms with van der Waals surface area (Å²) in [7, 11) is 0. The van der Waals surface area contributed by atoms with Crippen LogP contribution in [0.4, 0.5) is 0 Å². The zero-order valence-corrected chi connectivity index (χ0v) is 16.2. The van der Waals surface area contributed by atoms with E-state index in [1.165, 1.54) is 0 Å². The van der Waals surface area contributed by atoms with Crippen molar-refractivity contribution in [3.05, 3.63) is 95.8 Å². The number of aldehydes is 1. The van der Waals surface area contributed by atoms with Crippen molar-refractivity contribution in [2.45, 2.75) is 6.42 Å². The summed E-state index contributed by atoms with van der Waals surface area (Å²) in [4.78, 5) is 28.4. The van der Waals surface area contributed by atoms with Crippen LogP contribution in [0.3, 0.4) is 0 Å². The first-order valence-electron chi connectivity index (χ1n) is 9.64. The van der Waals surface area contributed by atoms with E-state index in [0.29, 0.717) is 29.8 Å². The number of H-pyrrole nitrogens is 1. The lowest BCUT2D eigenvalue weighted by Gasteiger charge is -2.08. The van der Waals surface area contributed by atoms with Gasteiger partial charge in [-0.3, -0.25) is 19.7 Å². The second kappa shape index (κ2) is 8.96. The third kappa shape index (κ3) is 4.17. The van der Waals surface area contributed by atoms with Crippen LogP contribution >= 0.6 is 0 Å². The van der Waals surface area contributed by atoms with Crippen molar-refractivity contribution in [2.75, 3.05) is 6.54 Å². The fourth-order valence-corrected chi connectivity index (χ4v) is 3.29. The van der Waals surface area contributed by atoms with Gasteiger partial charge in [0.25, 0.3) is 5.91 Å². The summed E-state index contributed by atoms with van der Waals surface area (Å²) in [6, 6.07) is 22.2. The van der Waals surface area contributed by atoms with E-state index >= 15 is 0 Å². The lowest BCUT2D eigenvalue weighted by molar-refractivity contribution is 0.0954. The molecule has 4 rings (SSSR count). The maximum absolute atomic E-state index is 12.8. The number of benzene rings is 2. The van der Waals surface area contributed by atoms with Crippen LogP contribution in [0.15, 0.2) is 79.0 Å². The summed E-state index contributed by atoms with van der Waals surface area (Å²) in [5, 5.41) is 10.3. The SMILES string of the molecule is O=Cc1ccccc1-c1cc(-c2ccccc2C(=O)NCCc2ccccn2)n[nH]1. The summed E-state index contributed by atoms with van der Waals surface area (Å²) < 4.78 is 0. The van der Waals surface area contributed by atoms with Gasteiger partial charge in [-0.1, -0.05) is 48.5 Å². The monoisotopic (exact) mass is 396 g/mol. The summed E-state index contributed by atoms with van der Waals surface area (Å²) in [6.45, 7) is 0.489. The predicted molar refractivity (Wildman–Crippen MR) is 115 cm³/mol. The maximum Gasteiger partial charge on any atom is 0.251 e. The Hall–Kier alpha value is -4.06. The number of nitrogens with one attached hydrogen (secondary N) is 2. The molecular weight excluding hydrogens is 376 g/mol. The van der Waals surface area contributed by atoms with E-state index in [1.54, 1.807) is 18.3 Å². The van der Waals surface area contributed by atoms with Gasteiger partial charge in [-0.25, -0.2) is 0 Å². The molecule has 4 aromatic rings. The molecule has 0 atom stereocenters. The van der Waals surface area contributed by atoms with Crippen molar-refractivity contribution >= 4 is 12.2 Å². The Morgan fingerprint density at radius 2 is 1.73 bits per heavy atom. The molecule has 2 heterocycles. The first kappa shape index (κ1) is 19.3. The lowest BCUT2D eigenvalue weighted by Crippen LogP contribution is -2.26. The van der Waals surface area contributed by atoms with Crippen molar-refractivity contribution in [1.82, 2.24) is 20.5 Å². The van der Waals surface area contributed by atoms with Crippen LogP contribution in [0.1, 0.15) is 26.4 Å². The summed E-state index contributed by atoms with van der Waals surface area (Å²) >= 11 is 0. The minimum Gasteiger partial charge on any atom is -0.352 e. The zero-order valence-electron chi connectivity index (χ0n) is 16.2. The van der Waals surface area contributed by atoms with Crippen LogP contribution in [0, 0.1) is 0 Å². The molecule has 6 nitrogen and oxygen atoms in total. The van der Waals surface area contributed by atoms with Crippen molar-refractivity contribution in [2.24, 2.45) is 0 Å². The van der Waals surface area contributed by atoms with Gasteiger partial charge in [-0.05, 0) is 24.3 Å². The minimum atomic E-state index is -0.167. The summed E-state index contributed by atoms with van der Waals surface area (Å²) in [5.74, 6) is -0.167. The molecule has 0 aliphatic rings. The molecule has 2 aromatic carbocycles.